The van der Waals surface area contributed by atoms with E-state index in [2.05, 4.69) is 10.6 Å². The molecule has 6 heteroatoms. The number of benzene rings is 1. The standard InChI is InChI=1S/C17H26N4O2/c1-4-11(3)15(18)16(22)20-13-7-6-12-8-9-21(14(12)10-13)17(23)19-5-2/h6-7,10-11,15H,4-5,8-9,18H2,1-3H3,(H,19,23)(H,20,22). The van der Waals surface area contributed by atoms with Crippen molar-refractivity contribution in [2.75, 3.05) is 23.3 Å². The van der Waals surface area contributed by atoms with Crippen LogP contribution in [-0.4, -0.2) is 31.1 Å². The summed E-state index contributed by atoms with van der Waals surface area (Å²) in [4.78, 5) is 26.0. The summed E-state index contributed by atoms with van der Waals surface area (Å²) in [5, 5.41) is 5.66. The van der Waals surface area contributed by atoms with Gasteiger partial charge in [0.1, 0.15) is 0 Å². The molecule has 0 spiro atoms. The molecule has 23 heavy (non-hydrogen) atoms. The van der Waals surface area contributed by atoms with Crippen LogP contribution >= 0.6 is 0 Å². The maximum absolute atomic E-state index is 12.2. The van der Waals surface area contributed by atoms with Gasteiger partial charge in [-0.25, -0.2) is 4.79 Å². The summed E-state index contributed by atoms with van der Waals surface area (Å²) in [7, 11) is 0. The van der Waals surface area contributed by atoms with Crippen LogP contribution in [0.5, 0.6) is 0 Å². The lowest BCUT2D eigenvalue weighted by atomic mass is 9.99. The molecule has 2 atom stereocenters. The average molecular weight is 318 g/mol. The molecule has 0 bridgehead atoms. The SMILES string of the molecule is CCNC(=O)N1CCc2ccc(NC(=O)C(N)C(C)CC)cc21. The zero-order valence-electron chi connectivity index (χ0n) is 14.1. The van der Waals surface area contributed by atoms with Crippen molar-refractivity contribution in [2.45, 2.75) is 39.7 Å². The highest BCUT2D eigenvalue weighted by molar-refractivity contribution is 5.98. The molecule has 0 aliphatic carbocycles. The number of rotatable bonds is 5. The monoisotopic (exact) mass is 318 g/mol. The van der Waals surface area contributed by atoms with Crippen molar-refractivity contribution in [1.29, 1.82) is 0 Å². The Morgan fingerprint density at radius 2 is 2.09 bits per heavy atom. The van der Waals surface area contributed by atoms with E-state index in [1.165, 1.54) is 0 Å². The Hall–Kier alpha value is -2.08. The predicted octanol–water partition coefficient (Wildman–Crippen LogP) is 2.09. The van der Waals surface area contributed by atoms with Gasteiger partial charge in [0.05, 0.1) is 11.7 Å². The molecule has 0 fully saturated rings. The van der Waals surface area contributed by atoms with Gasteiger partial charge in [0.15, 0.2) is 0 Å². The number of anilines is 2. The van der Waals surface area contributed by atoms with Gasteiger partial charge in [0, 0.05) is 18.8 Å². The fourth-order valence-corrected chi connectivity index (χ4v) is 2.65. The first kappa shape index (κ1) is 17.3. The van der Waals surface area contributed by atoms with E-state index in [4.69, 9.17) is 5.73 Å². The minimum absolute atomic E-state index is 0.106. The lowest BCUT2D eigenvalue weighted by Gasteiger charge is -2.20. The van der Waals surface area contributed by atoms with Crippen LogP contribution in [0.4, 0.5) is 16.2 Å². The van der Waals surface area contributed by atoms with E-state index in [9.17, 15) is 9.59 Å². The third kappa shape index (κ3) is 3.82. The normalized spacial score (nSPS) is 15.7. The van der Waals surface area contributed by atoms with Crippen LogP contribution in [0.3, 0.4) is 0 Å². The lowest BCUT2D eigenvalue weighted by Crippen LogP contribution is -2.40. The van der Waals surface area contributed by atoms with Gasteiger partial charge < -0.3 is 16.4 Å². The Bertz CT molecular complexity index is 588. The van der Waals surface area contributed by atoms with Gasteiger partial charge in [-0.3, -0.25) is 9.69 Å². The van der Waals surface area contributed by atoms with Crippen molar-refractivity contribution in [3.05, 3.63) is 23.8 Å². The van der Waals surface area contributed by atoms with E-state index in [-0.39, 0.29) is 17.9 Å². The third-order valence-electron chi connectivity index (χ3n) is 4.38. The van der Waals surface area contributed by atoms with Crippen LogP contribution < -0.4 is 21.3 Å². The highest BCUT2D eigenvalue weighted by atomic mass is 16.2. The summed E-state index contributed by atoms with van der Waals surface area (Å²) in [6.45, 7) is 7.11. The number of carbonyl (C=O) groups is 2. The molecule has 1 heterocycles. The average Bonchev–Trinajstić information content (AvgIpc) is 2.96. The number of urea groups is 1. The summed E-state index contributed by atoms with van der Waals surface area (Å²) in [6, 6.07) is 5.03. The molecule has 1 aliphatic rings. The summed E-state index contributed by atoms with van der Waals surface area (Å²) in [6.07, 6.45) is 1.68. The van der Waals surface area contributed by atoms with E-state index in [1.807, 2.05) is 39.0 Å². The van der Waals surface area contributed by atoms with Crippen molar-refractivity contribution in [3.8, 4) is 0 Å². The highest BCUT2D eigenvalue weighted by Gasteiger charge is 2.25. The molecule has 2 rings (SSSR count). The molecule has 6 nitrogen and oxygen atoms in total. The third-order valence-corrected chi connectivity index (χ3v) is 4.38. The van der Waals surface area contributed by atoms with Crippen molar-refractivity contribution in [2.24, 2.45) is 11.7 Å². The molecule has 0 saturated heterocycles. The molecule has 0 aromatic heterocycles. The number of nitrogens with two attached hydrogens (primary N) is 1. The minimum Gasteiger partial charge on any atom is -0.338 e. The van der Waals surface area contributed by atoms with Crippen molar-refractivity contribution in [1.82, 2.24) is 5.32 Å². The number of nitrogens with one attached hydrogen (secondary N) is 2. The topological polar surface area (TPSA) is 87.5 Å². The van der Waals surface area contributed by atoms with Crippen LogP contribution in [0.2, 0.25) is 0 Å². The number of carbonyl (C=O) groups excluding carboxylic acids is 2. The molecule has 2 unspecified atom stereocenters. The molecule has 0 saturated carbocycles. The number of fused-ring (bicyclic) bond motifs is 1. The molecule has 4 N–H and O–H groups in total. The lowest BCUT2D eigenvalue weighted by molar-refractivity contribution is -0.118. The van der Waals surface area contributed by atoms with Crippen LogP contribution in [0.15, 0.2) is 18.2 Å². The van der Waals surface area contributed by atoms with Crippen LogP contribution in [-0.2, 0) is 11.2 Å². The van der Waals surface area contributed by atoms with Gasteiger partial charge in [-0.2, -0.15) is 0 Å². The summed E-state index contributed by atoms with van der Waals surface area (Å²) >= 11 is 0. The molecular weight excluding hydrogens is 292 g/mol. The van der Waals surface area contributed by atoms with Crippen LogP contribution in [0, 0.1) is 5.92 Å². The molecular formula is C17H26N4O2. The molecule has 1 aromatic rings. The van der Waals surface area contributed by atoms with Gasteiger partial charge in [-0.05, 0) is 37.0 Å². The van der Waals surface area contributed by atoms with Gasteiger partial charge >= 0.3 is 6.03 Å². The number of hydrogen-bond acceptors (Lipinski definition) is 3. The molecule has 126 valence electrons. The van der Waals surface area contributed by atoms with Gasteiger partial charge in [0.2, 0.25) is 5.91 Å². The van der Waals surface area contributed by atoms with Gasteiger partial charge in [0.25, 0.3) is 0 Å². The molecule has 1 aliphatic heterocycles. The number of hydrogen-bond donors (Lipinski definition) is 3. The minimum atomic E-state index is -0.534. The largest absolute Gasteiger partial charge is 0.338 e. The van der Waals surface area contributed by atoms with E-state index in [0.29, 0.717) is 18.8 Å². The van der Waals surface area contributed by atoms with Crippen molar-refractivity contribution >= 4 is 23.3 Å². The second-order valence-corrected chi connectivity index (χ2v) is 5.98. The molecule has 1 aromatic carbocycles. The smallest absolute Gasteiger partial charge is 0.321 e. The van der Waals surface area contributed by atoms with E-state index >= 15 is 0 Å². The maximum atomic E-state index is 12.2. The van der Waals surface area contributed by atoms with Gasteiger partial charge in [-0.15, -0.1) is 0 Å². The van der Waals surface area contributed by atoms with Crippen LogP contribution in [0.1, 0.15) is 32.8 Å². The van der Waals surface area contributed by atoms with Crippen molar-refractivity contribution < 1.29 is 9.59 Å². The second-order valence-electron chi connectivity index (χ2n) is 5.98. The zero-order valence-corrected chi connectivity index (χ0v) is 14.1. The van der Waals surface area contributed by atoms with Crippen LogP contribution in [0.25, 0.3) is 0 Å². The Balaban J connectivity index is 2.13. The molecule has 0 radical (unpaired) electrons. The van der Waals surface area contributed by atoms with E-state index < -0.39 is 6.04 Å². The predicted molar refractivity (Wildman–Crippen MR) is 92.6 cm³/mol. The Morgan fingerprint density at radius 3 is 2.74 bits per heavy atom. The van der Waals surface area contributed by atoms with E-state index in [0.717, 1.165) is 24.1 Å². The fraction of sp³-hybridized carbons (Fsp3) is 0.529. The quantitative estimate of drug-likeness (QED) is 0.777. The maximum Gasteiger partial charge on any atom is 0.321 e. The summed E-state index contributed by atoms with van der Waals surface area (Å²) in [5.74, 6) is -0.0712. The Labute approximate surface area is 137 Å². The number of amides is 3. The first-order chi connectivity index (χ1) is 11.0. The van der Waals surface area contributed by atoms with Gasteiger partial charge in [-0.1, -0.05) is 26.3 Å². The highest BCUT2D eigenvalue weighted by Crippen LogP contribution is 2.31. The Morgan fingerprint density at radius 1 is 1.35 bits per heavy atom. The fourth-order valence-electron chi connectivity index (χ4n) is 2.65. The summed E-state index contributed by atoms with van der Waals surface area (Å²) < 4.78 is 0. The first-order valence-corrected chi connectivity index (χ1v) is 8.22. The van der Waals surface area contributed by atoms with Crippen molar-refractivity contribution in [3.63, 3.8) is 0 Å². The summed E-state index contributed by atoms with van der Waals surface area (Å²) in [5.41, 5.74) is 8.59. The number of nitrogens with zero attached hydrogens (tertiary/aromatic N) is 1. The van der Waals surface area contributed by atoms with E-state index in [1.54, 1.807) is 4.90 Å². The molecule has 3 amide bonds. The second kappa shape index (κ2) is 7.46. The first-order valence-electron chi connectivity index (χ1n) is 8.22. The Kier molecular flexibility index (Phi) is 5.60. The zero-order chi connectivity index (χ0) is 17.0.